The number of hydrogen-bond acceptors (Lipinski definition) is 3. The first-order chi connectivity index (χ1) is 7.35. The largest absolute Gasteiger partial charge is 0.396 e. The van der Waals surface area contributed by atoms with Crippen molar-refractivity contribution in [3.63, 3.8) is 0 Å². The van der Waals surface area contributed by atoms with Gasteiger partial charge in [0.05, 0.1) is 4.92 Å². The molecule has 0 fully saturated rings. The molecule has 16 heavy (non-hydrogen) atoms. The highest BCUT2D eigenvalue weighted by Gasteiger charge is 2.23. The maximum Gasteiger partial charge on any atom is 0.272 e. The molecule has 0 saturated carbocycles. The second-order valence-corrected chi connectivity index (χ2v) is 4.53. The second-order valence-electron chi connectivity index (χ2n) is 4.53. The molecule has 0 aromatic heterocycles. The number of aliphatic hydroxyl groups is 1. The molecule has 0 aliphatic heterocycles. The predicted octanol–water partition coefficient (Wildman–Crippen LogP) is 2.29. The van der Waals surface area contributed by atoms with Crippen molar-refractivity contribution in [3.05, 3.63) is 39.7 Å². The number of benzene rings is 1. The Labute approximate surface area is 92.9 Å². The number of aliphatic hydroxyl groups excluding tert-OH is 1. The van der Waals surface area contributed by atoms with E-state index in [2.05, 4.69) is 0 Å². The molecule has 0 radical (unpaired) electrons. The van der Waals surface area contributed by atoms with Gasteiger partial charge in [0.2, 0.25) is 0 Å². The zero-order valence-electron chi connectivity index (χ0n) is 9.24. The minimum absolute atomic E-state index is 0.108. The van der Waals surface area contributed by atoms with E-state index in [9.17, 15) is 14.5 Å². The smallest absolute Gasteiger partial charge is 0.272 e. The van der Waals surface area contributed by atoms with E-state index < -0.39 is 16.2 Å². The third-order valence-corrected chi connectivity index (χ3v) is 2.34. The molecule has 0 spiro atoms. The van der Waals surface area contributed by atoms with Crippen LogP contribution in [-0.2, 0) is 6.42 Å². The Morgan fingerprint density at radius 2 is 2.12 bits per heavy atom. The highest BCUT2D eigenvalue weighted by Crippen LogP contribution is 2.27. The average Bonchev–Trinajstić information content (AvgIpc) is 2.16. The highest BCUT2D eigenvalue weighted by molar-refractivity contribution is 5.40. The van der Waals surface area contributed by atoms with Crippen molar-refractivity contribution in [2.24, 2.45) is 5.41 Å². The molecule has 1 rings (SSSR count). The molecule has 1 aromatic carbocycles. The minimum Gasteiger partial charge on any atom is -0.396 e. The van der Waals surface area contributed by atoms with E-state index in [1.165, 1.54) is 0 Å². The summed E-state index contributed by atoms with van der Waals surface area (Å²) in [5.74, 6) is -0.505. The van der Waals surface area contributed by atoms with Gasteiger partial charge in [-0.25, -0.2) is 4.39 Å². The number of nitrogens with zero attached hydrogens (tertiary/aromatic N) is 1. The lowest BCUT2D eigenvalue weighted by Crippen LogP contribution is -2.20. The molecule has 0 unspecified atom stereocenters. The first-order valence-electron chi connectivity index (χ1n) is 4.89. The Bertz CT molecular complexity index is 404. The van der Waals surface area contributed by atoms with Crippen LogP contribution < -0.4 is 0 Å². The van der Waals surface area contributed by atoms with Gasteiger partial charge in [0.15, 0.2) is 0 Å². The number of halogens is 1. The first kappa shape index (κ1) is 12.6. The molecule has 0 aliphatic carbocycles. The molecule has 0 amide bonds. The summed E-state index contributed by atoms with van der Waals surface area (Å²) in [5, 5.41) is 19.8. The van der Waals surface area contributed by atoms with Gasteiger partial charge in [-0.15, -0.1) is 0 Å². The second kappa shape index (κ2) is 4.57. The fourth-order valence-electron chi connectivity index (χ4n) is 1.45. The summed E-state index contributed by atoms with van der Waals surface area (Å²) < 4.78 is 13.0. The molecular weight excluding hydrogens is 213 g/mol. The summed E-state index contributed by atoms with van der Waals surface area (Å²) in [7, 11) is 0. The van der Waals surface area contributed by atoms with Crippen LogP contribution in [0.4, 0.5) is 10.1 Å². The Hall–Kier alpha value is -1.49. The van der Waals surface area contributed by atoms with Gasteiger partial charge in [-0.2, -0.15) is 0 Å². The molecule has 1 aromatic rings. The molecule has 5 heteroatoms. The van der Waals surface area contributed by atoms with E-state index in [4.69, 9.17) is 5.11 Å². The van der Waals surface area contributed by atoms with E-state index in [0.29, 0.717) is 5.56 Å². The van der Waals surface area contributed by atoms with E-state index >= 15 is 0 Å². The number of hydrogen-bond donors (Lipinski definition) is 1. The number of nitro groups is 1. The Kier molecular flexibility index (Phi) is 3.59. The molecule has 88 valence electrons. The summed E-state index contributed by atoms with van der Waals surface area (Å²) in [6, 6.07) is 3.36. The minimum atomic E-state index is -0.539. The Morgan fingerprint density at radius 1 is 1.50 bits per heavy atom. The first-order valence-corrected chi connectivity index (χ1v) is 4.89. The SMILES string of the molecule is CC(C)(CO)Cc1cc(F)ccc1[N+](=O)[O-]. The quantitative estimate of drug-likeness (QED) is 0.634. The predicted molar refractivity (Wildman–Crippen MR) is 57.6 cm³/mol. The molecular formula is C11H14FNO3. The van der Waals surface area contributed by atoms with Crippen molar-refractivity contribution in [3.8, 4) is 0 Å². The van der Waals surface area contributed by atoms with Crippen LogP contribution in [0.1, 0.15) is 19.4 Å². The van der Waals surface area contributed by atoms with Crippen LogP contribution in [-0.4, -0.2) is 16.6 Å². The van der Waals surface area contributed by atoms with Crippen molar-refractivity contribution in [1.29, 1.82) is 0 Å². The lowest BCUT2D eigenvalue weighted by molar-refractivity contribution is -0.385. The fourth-order valence-corrected chi connectivity index (χ4v) is 1.45. The van der Waals surface area contributed by atoms with Crippen LogP contribution in [0.3, 0.4) is 0 Å². The maximum absolute atomic E-state index is 13.0. The van der Waals surface area contributed by atoms with E-state index in [-0.39, 0.29) is 18.7 Å². The van der Waals surface area contributed by atoms with Gasteiger partial charge in [-0.3, -0.25) is 10.1 Å². The van der Waals surface area contributed by atoms with Crippen molar-refractivity contribution in [2.75, 3.05) is 6.61 Å². The summed E-state index contributed by atoms with van der Waals surface area (Å²) in [6.45, 7) is 3.42. The van der Waals surface area contributed by atoms with Gasteiger partial charge < -0.3 is 5.11 Å². The molecule has 1 N–H and O–H groups in total. The molecule has 0 saturated heterocycles. The van der Waals surface area contributed by atoms with Crippen molar-refractivity contribution in [2.45, 2.75) is 20.3 Å². The fraction of sp³-hybridized carbons (Fsp3) is 0.455. The topological polar surface area (TPSA) is 63.4 Å². The van der Waals surface area contributed by atoms with Crippen LogP contribution in [0.2, 0.25) is 0 Å². The van der Waals surface area contributed by atoms with Gasteiger partial charge in [0, 0.05) is 18.2 Å². The van der Waals surface area contributed by atoms with E-state index in [0.717, 1.165) is 18.2 Å². The Balaban J connectivity index is 3.10. The van der Waals surface area contributed by atoms with Gasteiger partial charge >= 0.3 is 0 Å². The lowest BCUT2D eigenvalue weighted by atomic mass is 9.86. The summed E-state index contributed by atoms with van der Waals surface area (Å²) in [4.78, 5) is 10.2. The van der Waals surface area contributed by atoms with Gasteiger partial charge in [0.1, 0.15) is 5.82 Å². The van der Waals surface area contributed by atoms with E-state index in [1.54, 1.807) is 13.8 Å². The summed E-state index contributed by atoms with van der Waals surface area (Å²) >= 11 is 0. The highest BCUT2D eigenvalue weighted by atomic mass is 19.1. The van der Waals surface area contributed by atoms with Crippen molar-refractivity contribution >= 4 is 5.69 Å². The lowest BCUT2D eigenvalue weighted by Gasteiger charge is -2.21. The zero-order valence-corrected chi connectivity index (χ0v) is 9.24. The molecule has 0 bridgehead atoms. The third-order valence-electron chi connectivity index (χ3n) is 2.34. The van der Waals surface area contributed by atoms with Crippen molar-refractivity contribution < 1.29 is 14.4 Å². The standard InChI is InChI=1S/C11H14FNO3/c1-11(2,7-14)6-8-5-9(12)3-4-10(8)13(15)16/h3-5,14H,6-7H2,1-2H3. The molecule has 0 heterocycles. The Morgan fingerprint density at radius 3 is 2.62 bits per heavy atom. The third kappa shape index (κ3) is 3.00. The van der Waals surface area contributed by atoms with E-state index in [1.807, 2.05) is 0 Å². The maximum atomic E-state index is 13.0. The molecule has 0 atom stereocenters. The van der Waals surface area contributed by atoms with Crippen LogP contribution in [0, 0.1) is 21.3 Å². The van der Waals surface area contributed by atoms with Crippen LogP contribution >= 0.6 is 0 Å². The summed E-state index contributed by atoms with van der Waals surface area (Å²) in [6.07, 6.45) is 0.261. The van der Waals surface area contributed by atoms with Crippen molar-refractivity contribution in [1.82, 2.24) is 0 Å². The normalized spacial score (nSPS) is 11.5. The molecule has 4 nitrogen and oxygen atoms in total. The van der Waals surface area contributed by atoms with Crippen LogP contribution in [0.5, 0.6) is 0 Å². The van der Waals surface area contributed by atoms with Gasteiger partial charge in [-0.1, -0.05) is 13.8 Å². The zero-order chi connectivity index (χ0) is 12.3. The summed E-state index contributed by atoms with van der Waals surface area (Å²) in [5.41, 5.74) is -0.301. The van der Waals surface area contributed by atoms with Gasteiger partial charge in [0.25, 0.3) is 5.69 Å². The number of rotatable bonds is 4. The van der Waals surface area contributed by atoms with Crippen LogP contribution in [0.25, 0.3) is 0 Å². The average molecular weight is 227 g/mol. The van der Waals surface area contributed by atoms with Crippen LogP contribution in [0.15, 0.2) is 18.2 Å². The van der Waals surface area contributed by atoms with Gasteiger partial charge in [-0.05, 0) is 24.0 Å². The molecule has 0 aliphatic rings. The number of nitro benzene ring substituents is 1. The monoisotopic (exact) mass is 227 g/mol.